The van der Waals surface area contributed by atoms with Gasteiger partial charge >= 0.3 is 5.97 Å². The number of fused-ring (bicyclic) bond motifs is 1. The van der Waals surface area contributed by atoms with Gasteiger partial charge in [0.1, 0.15) is 5.82 Å². The number of esters is 1. The maximum absolute atomic E-state index is 12.9. The minimum atomic E-state index is -0.924. The van der Waals surface area contributed by atoms with Crippen molar-refractivity contribution < 1.29 is 18.7 Å². The smallest absolute Gasteiger partial charge is 0.311 e. The Kier molecular flexibility index (Phi) is 5.12. The van der Waals surface area contributed by atoms with E-state index < -0.39 is 18.0 Å². The maximum Gasteiger partial charge on any atom is 0.311 e. The van der Waals surface area contributed by atoms with Gasteiger partial charge in [-0.15, -0.1) is 0 Å². The molecule has 0 aliphatic heterocycles. The number of rotatable bonds is 5. The molecular weight excluding hydrogens is 321 g/mol. The molecule has 0 aromatic heterocycles. The van der Waals surface area contributed by atoms with Gasteiger partial charge in [-0.2, -0.15) is 0 Å². The van der Waals surface area contributed by atoms with E-state index in [0.717, 1.165) is 24.8 Å². The summed E-state index contributed by atoms with van der Waals surface area (Å²) in [5, 5.41) is 2.59. The van der Waals surface area contributed by atoms with E-state index in [4.69, 9.17) is 4.74 Å². The zero-order chi connectivity index (χ0) is 17.8. The van der Waals surface area contributed by atoms with E-state index in [9.17, 15) is 14.0 Å². The number of nitrogens with one attached hydrogen (secondary N) is 1. The van der Waals surface area contributed by atoms with Gasteiger partial charge in [0, 0.05) is 5.69 Å². The predicted octanol–water partition coefficient (Wildman–Crippen LogP) is 3.43. The van der Waals surface area contributed by atoms with Crippen LogP contribution in [-0.4, -0.2) is 18.0 Å². The van der Waals surface area contributed by atoms with Gasteiger partial charge in [-0.1, -0.05) is 18.2 Å². The minimum Gasteiger partial charge on any atom is -0.452 e. The predicted molar refractivity (Wildman–Crippen MR) is 92.8 cm³/mol. The molecule has 25 heavy (non-hydrogen) atoms. The Labute approximate surface area is 146 Å². The molecule has 1 aliphatic carbocycles. The molecule has 2 aromatic rings. The summed E-state index contributed by atoms with van der Waals surface area (Å²) in [5.74, 6) is -1.28. The van der Waals surface area contributed by atoms with E-state index in [2.05, 4.69) is 11.4 Å². The minimum absolute atomic E-state index is 0.140. The first kappa shape index (κ1) is 17.1. The summed E-state index contributed by atoms with van der Waals surface area (Å²) in [4.78, 5) is 24.1. The van der Waals surface area contributed by atoms with Crippen LogP contribution in [0.1, 0.15) is 30.0 Å². The van der Waals surface area contributed by atoms with Crippen LogP contribution in [0.3, 0.4) is 0 Å². The summed E-state index contributed by atoms with van der Waals surface area (Å²) in [7, 11) is 0. The topological polar surface area (TPSA) is 55.4 Å². The Morgan fingerprint density at radius 2 is 1.84 bits per heavy atom. The molecule has 1 atom stereocenters. The first-order valence-electron chi connectivity index (χ1n) is 8.38. The zero-order valence-corrected chi connectivity index (χ0v) is 14.0. The summed E-state index contributed by atoms with van der Waals surface area (Å²) in [6, 6.07) is 11.5. The fraction of sp³-hybridized carbons (Fsp3) is 0.300. The third kappa shape index (κ3) is 4.44. The van der Waals surface area contributed by atoms with Crippen LogP contribution in [0, 0.1) is 5.82 Å². The van der Waals surface area contributed by atoms with Crippen molar-refractivity contribution in [2.75, 3.05) is 5.32 Å². The maximum atomic E-state index is 12.9. The molecule has 0 spiro atoms. The summed E-state index contributed by atoms with van der Waals surface area (Å²) < 4.78 is 18.1. The lowest BCUT2D eigenvalue weighted by Gasteiger charge is -2.14. The molecule has 0 saturated heterocycles. The molecule has 0 bridgehead atoms. The van der Waals surface area contributed by atoms with Crippen LogP contribution >= 0.6 is 0 Å². The molecule has 1 aliphatic rings. The molecule has 0 radical (unpaired) electrons. The largest absolute Gasteiger partial charge is 0.452 e. The lowest BCUT2D eigenvalue weighted by Crippen LogP contribution is -2.30. The fourth-order valence-corrected chi connectivity index (χ4v) is 2.97. The number of halogens is 1. The number of aryl methyl sites for hydroxylation is 2. The highest BCUT2D eigenvalue weighted by molar-refractivity contribution is 5.95. The van der Waals surface area contributed by atoms with Crippen LogP contribution in [0.2, 0.25) is 0 Å². The molecule has 3 rings (SSSR count). The van der Waals surface area contributed by atoms with Crippen LogP contribution in [-0.2, 0) is 33.6 Å². The van der Waals surface area contributed by atoms with E-state index in [1.165, 1.54) is 42.3 Å². The first-order valence-corrected chi connectivity index (χ1v) is 8.38. The Morgan fingerprint density at radius 3 is 2.60 bits per heavy atom. The Bertz CT molecular complexity index is 786. The van der Waals surface area contributed by atoms with Crippen LogP contribution < -0.4 is 5.32 Å². The van der Waals surface area contributed by atoms with Crippen molar-refractivity contribution in [3.63, 3.8) is 0 Å². The number of carbonyl (C=O) groups excluding carboxylic acids is 2. The number of carbonyl (C=O) groups is 2. The van der Waals surface area contributed by atoms with Crippen LogP contribution in [0.15, 0.2) is 42.5 Å². The molecule has 2 aromatic carbocycles. The van der Waals surface area contributed by atoms with E-state index in [1.807, 2.05) is 12.1 Å². The molecule has 0 unspecified atom stereocenters. The average Bonchev–Trinajstić information content (AvgIpc) is 3.04. The molecular formula is C20H20FNO3. The van der Waals surface area contributed by atoms with Gasteiger partial charge in [0.2, 0.25) is 0 Å². The van der Waals surface area contributed by atoms with Gasteiger partial charge in [-0.05, 0) is 67.1 Å². The van der Waals surface area contributed by atoms with Gasteiger partial charge in [-0.3, -0.25) is 9.59 Å². The highest BCUT2D eigenvalue weighted by atomic mass is 19.1. The molecule has 1 N–H and O–H groups in total. The quantitative estimate of drug-likeness (QED) is 0.848. The number of amides is 1. The third-order valence-electron chi connectivity index (χ3n) is 4.30. The first-order chi connectivity index (χ1) is 12.0. The molecule has 1 amide bonds. The van der Waals surface area contributed by atoms with E-state index >= 15 is 0 Å². The van der Waals surface area contributed by atoms with E-state index in [1.54, 1.807) is 0 Å². The molecule has 0 fully saturated rings. The van der Waals surface area contributed by atoms with Crippen molar-refractivity contribution in [2.24, 2.45) is 0 Å². The van der Waals surface area contributed by atoms with E-state index in [-0.39, 0.29) is 12.2 Å². The molecule has 5 heteroatoms. The van der Waals surface area contributed by atoms with Gasteiger partial charge in [0.05, 0.1) is 6.42 Å². The highest BCUT2D eigenvalue weighted by Gasteiger charge is 2.19. The Balaban J connectivity index is 1.53. The van der Waals surface area contributed by atoms with Crippen molar-refractivity contribution in [3.8, 4) is 0 Å². The molecule has 0 saturated carbocycles. The fourth-order valence-electron chi connectivity index (χ4n) is 2.97. The second kappa shape index (κ2) is 7.47. The summed E-state index contributed by atoms with van der Waals surface area (Å²) in [6.45, 7) is 1.51. The monoisotopic (exact) mass is 341 g/mol. The van der Waals surface area contributed by atoms with Crippen LogP contribution in [0.25, 0.3) is 0 Å². The van der Waals surface area contributed by atoms with Crippen LogP contribution in [0.5, 0.6) is 0 Å². The molecule has 0 heterocycles. The Hall–Kier alpha value is -2.69. The summed E-state index contributed by atoms with van der Waals surface area (Å²) in [6.07, 6.45) is 2.52. The second-order valence-electron chi connectivity index (χ2n) is 6.26. The zero-order valence-electron chi connectivity index (χ0n) is 14.0. The highest BCUT2D eigenvalue weighted by Crippen LogP contribution is 2.23. The van der Waals surface area contributed by atoms with E-state index in [0.29, 0.717) is 5.69 Å². The lowest BCUT2D eigenvalue weighted by molar-refractivity contribution is -0.152. The number of anilines is 1. The van der Waals surface area contributed by atoms with Gasteiger partial charge in [-0.25, -0.2) is 4.39 Å². The lowest BCUT2D eigenvalue weighted by atomic mass is 10.0. The van der Waals surface area contributed by atoms with Crippen molar-refractivity contribution in [3.05, 3.63) is 65.0 Å². The Morgan fingerprint density at radius 1 is 1.12 bits per heavy atom. The van der Waals surface area contributed by atoms with Crippen molar-refractivity contribution >= 4 is 17.6 Å². The third-order valence-corrected chi connectivity index (χ3v) is 4.30. The van der Waals surface area contributed by atoms with Crippen molar-refractivity contribution in [2.45, 2.75) is 38.7 Å². The van der Waals surface area contributed by atoms with Crippen molar-refractivity contribution in [1.82, 2.24) is 0 Å². The average molecular weight is 341 g/mol. The molecule has 130 valence electrons. The number of hydrogen-bond acceptors (Lipinski definition) is 3. The number of ether oxygens (including phenoxy) is 1. The van der Waals surface area contributed by atoms with Crippen molar-refractivity contribution in [1.29, 1.82) is 0 Å². The molecule has 4 nitrogen and oxygen atoms in total. The second-order valence-corrected chi connectivity index (χ2v) is 6.26. The summed E-state index contributed by atoms with van der Waals surface area (Å²) in [5.41, 5.74) is 4.00. The normalized spacial score (nSPS) is 13.8. The SMILES string of the molecule is C[C@@H](OC(=O)Cc1ccc2c(c1)CCC2)C(=O)Nc1ccc(F)cc1. The number of hydrogen-bond donors (Lipinski definition) is 1. The van der Waals surface area contributed by atoms with Gasteiger partial charge < -0.3 is 10.1 Å². The number of benzene rings is 2. The summed E-state index contributed by atoms with van der Waals surface area (Å²) >= 11 is 0. The standard InChI is InChI=1S/C20H20FNO3/c1-13(20(24)22-18-9-7-17(21)8-10-18)25-19(23)12-14-5-6-15-3-2-4-16(15)11-14/h5-11,13H,2-4,12H2,1H3,(H,22,24)/t13-/m1/s1. The van der Waals surface area contributed by atoms with Gasteiger partial charge in [0.25, 0.3) is 5.91 Å². The van der Waals surface area contributed by atoms with Gasteiger partial charge in [0.15, 0.2) is 6.10 Å². The van der Waals surface area contributed by atoms with Crippen LogP contribution in [0.4, 0.5) is 10.1 Å².